The summed E-state index contributed by atoms with van der Waals surface area (Å²) in [7, 11) is 0. The minimum Gasteiger partial charge on any atom is -0.459 e. The lowest BCUT2D eigenvalue weighted by Gasteiger charge is -2.33. The summed E-state index contributed by atoms with van der Waals surface area (Å²) in [5, 5.41) is 6.53. The largest absolute Gasteiger partial charge is 0.459 e. The number of carbonyl (C=O) groups is 2. The minimum atomic E-state index is -0.347. The molecule has 0 fully saturated rings. The molecular weight excluding hydrogens is 408 g/mol. The Labute approximate surface area is 186 Å². The molecule has 31 heavy (non-hydrogen) atoms. The van der Waals surface area contributed by atoms with Gasteiger partial charge in [-0.15, -0.1) is 11.3 Å². The molecule has 0 radical (unpaired) electrons. The molecule has 6 heteroatoms. The van der Waals surface area contributed by atoms with Gasteiger partial charge in [-0.2, -0.15) is 0 Å². The fraction of sp³-hybridized carbons (Fsp3) is 0.360. The Hall–Kier alpha value is -2.86. The molecule has 2 heterocycles. The number of anilines is 2. The van der Waals surface area contributed by atoms with Crippen LogP contribution >= 0.6 is 11.3 Å². The maximum Gasteiger partial charge on any atom is 0.291 e. The van der Waals surface area contributed by atoms with Gasteiger partial charge in [-0.1, -0.05) is 32.9 Å². The van der Waals surface area contributed by atoms with E-state index in [9.17, 15) is 9.59 Å². The van der Waals surface area contributed by atoms with Crippen molar-refractivity contribution in [3.05, 3.63) is 70.0 Å². The molecule has 0 unspecified atom stereocenters. The maximum absolute atomic E-state index is 13.3. The Balaban J connectivity index is 1.68. The van der Waals surface area contributed by atoms with E-state index in [1.54, 1.807) is 12.1 Å². The van der Waals surface area contributed by atoms with E-state index in [1.165, 1.54) is 22.5 Å². The van der Waals surface area contributed by atoms with Gasteiger partial charge in [0.2, 0.25) is 0 Å². The number of benzene rings is 1. The van der Waals surface area contributed by atoms with Crippen LogP contribution in [0.4, 0.5) is 10.7 Å². The Morgan fingerprint density at radius 2 is 1.90 bits per heavy atom. The van der Waals surface area contributed by atoms with Crippen LogP contribution in [0.5, 0.6) is 0 Å². The van der Waals surface area contributed by atoms with Crippen molar-refractivity contribution in [2.45, 2.75) is 47.0 Å². The van der Waals surface area contributed by atoms with Crippen LogP contribution in [0.25, 0.3) is 0 Å². The third kappa shape index (κ3) is 4.59. The van der Waals surface area contributed by atoms with Gasteiger partial charge in [0, 0.05) is 10.6 Å². The van der Waals surface area contributed by atoms with Crippen LogP contribution in [0.1, 0.15) is 64.1 Å². The molecule has 1 aliphatic carbocycles. The third-order valence-electron chi connectivity index (χ3n) is 5.97. The number of thiophene rings is 1. The minimum absolute atomic E-state index is 0.188. The smallest absolute Gasteiger partial charge is 0.291 e. The number of aryl methyl sites for hydroxylation is 1. The average molecular weight is 437 g/mol. The van der Waals surface area contributed by atoms with Crippen molar-refractivity contribution in [3.63, 3.8) is 0 Å². The van der Waals surface area contributed by atoms with Gasteiger partial charge in [0.1, 0.15) is 5.00 Å². The van der Waals surface area contributed by atoms with E-state index < -0.39 is 0 Å². The predicted molar refractivity (Wildman–Crippen MR) is 125 cm³/mol. The summed E-state index contributed by atoms with van der Waals surface area (Å²) in [5.41, 5.74) is 3.66. The zero-order valence-electron chi connectivity index (χ0n) is 18.4. The van der Waals surface area contributed by atoms with E-state index in [4.69, 9.17) is 4.42 Å². The SMILES string of the molecule is Cc1cccc(NC(=O)c2c(NC(=O)c3ccco3)sc3c2CC[C@H](C(C)(C)C)C3)c1. The first-order valence-corrected chi connectivity index (χ1v) is 11.4. The summed E-state index contributed by atoms with van der Waals surface area (Å²) >= 11 is 1.52. The second kappa shape index (κ2) is 8.35. The molecule has 4 rings (SSSR count). The number of rotatable bonds is 4. The molecule has 1 aliphatic rings. The molecule has 0 saturated heterocycles. The van der Waals surface area contributed by atoms with Crippen LogP contribution in [-0.4, -0.2) is 11.8 Å². The number of hydrogen-bond donors (Lipinski definition) is 2. The Morgan fingerprint density at radius 1 is 1.10 bits per heavy atom. The molecule has 1 aromatic carbocycles. The van der Waals surface area contributed by atoms with Crippen molar-refractivity contribution >= 4 is 33.8 Å². The van der Waals surface area contributed by atoms with E-state index >= 15 is 0 Å². The van der Waals surface area contributed by atoms with Gasteiger partial charge >= 0.3 is 0 Å². The summed E-state index contributed by atoms with van der Waals surface area (Å²) in [4.78, 5) is 27.2. The molecule has 0 saturated carbocycles. The van der Waals surface area contributed by atoms with Crippen molar-refractivity contribution in [3.8, 4) is 0 Å². The van der Waals surface area contributed by atoms with Crippen molar-refractivity contribution in [2.75, 3.05) is 10.6 Å². The Kier molecular flexibility index (Phi) is 5.75. The monoisotopic (exact) mass is 436 g/mol. The zero-order chi connectivity index (χ0) is 22.2. The van der Waals surface area contributed by atoms with Gasteiger partial charge in [0.15, 0.2) is 5.76 Å². The Bertz CT molecular complexity index is 1110. The highest BCUT2D eigenvalue weighted by atomic mass is 32.1. The van der Waals surface area contributed by atoms with Crippen molar-refractivity contribution in [1.29, 1.82) is 0 Å². The second-order valence-corrected chi connectivity index (χ2v) is 10.4. The molecule has 2 N–H and O–H groups in total. The summed E-state index contributed by atoms with van der Waals surface area (Å²) in [6.45, 7) is 8.79. The van der Waals surface area contributed by atoms with Crippen molar-refractivity contribution in [1.82, 2.24) is 0 Å². The summed E-state index contributed by atoms with van der Waals surface area (Å²) < 4.78 is 5.23. The highest BCUT2D eigenvalue weighted by Crippen LogP contribution is 2.44. The first-order valence-electron chi connectivity index (χ1n) is 10.6. The first-order chi connectivity index (χ1) is 14.7. The van der Waals surface area contributed by atoms with E-state index in [2.05, 4.69) is 31.4 Å². The summed E-state index contributed by atoms with van der Waals surface area (Å²) in [5.74, 6) is 0.233. The molecule has 2 amide bonds. The Morgan fingerprint density at radius 3 is 2.58 bits per heavy atom. The molecule has 5 nitrogen and oxygen atoms in total. The average Bonchev–Trinajstić information content (AvgIpc) is 3.34. The maximum atomic E-state index is 13.3. The van der Waals surface area contributed by atoms with E-state index in [0.29, 0.717) is 16.5 Å². The molecule has 2 aromatic heterocycles. The van der Waals surface area contributed by atoms with Crippen LogP contribution in [-0.2, 0) is 12.8 Å². The van der Waals surface area contributed by atoms with Gasteiger partial charge in [-0.3, -0.25) is 9.59 Å². The van der Waals surface area contributed by atoms with Crippen molar-refractivity contribution < 1.29 is 14.0 Å². The highest BCUT2D eigenvalue weighted by Gasteiger charge is 2.34. The van der Waals surface area contributed by atoms with Crippen LogP contribution in [0, 0.1) is 18.3 Å². The van der Waals surface area contributed by atoms with E-state index in [1.807, 2.05) is 31.2 Å². The number of amides is 2. The first kappa shape index (κ1) is 21.4. The van der Waals surface area contributed by atoms with E-state index in [0.717, 1.165) is 36.1 Å². The van der Waals surface area contributed by atoms with Gasteiger partial charge in [0.25, 0.3) is 11.8 Å². The van der Waals surface area contributed by atoms with Gasteiger partial charge in [-0.25, -0.2) is 0 Å². The molecule has 0 spiro atoms. The number of nitrogens with one attached hydrogen (secondary N) is 2. The number of fused-ring (bicyclic) bond motifs is 1. The fourth-order valence-corrected chi connectivity index (χ4v) is 5.46. The van der Waals surface area contributed by atoms with Gasteiger partial charge in [-0.05, 0) is 72.9 Å². The number of hydrogen-bond acceptors (Lipinski definition) is 4. The highest BCUT2D eigenvalue weighted by molar-refractivity contribution is 7.17. The molecule has 0 aliphatic heterocycles. The zero-order valence-corrected chi connectivity index (χ0v) is 19.2. The lowest BCUT2D eigenvalue weighted by atomic mass is 9.72. The summed E-state index contributed by atoms with van der Waals surface area (Å²) in [6.07, 6.45) is 4.25. The molecule has 162 valence electrons. The van der Waals surface area contributed by atoms with E-state index in [-0.39, 0.29) is 23.0 Å². The van der Waals surface area contributed by atoms with Crippen LogP contribution in [0.2, 0.25) is 0 Å². The number of carbonyl (C=O) groups excluding carboxylic acids is 2. The van der Waals surface area contributed by atoms with Crippen LogP contribution in [0.3, 0.4) is 0 Å². The lowest BCUT2D eigenvalue weighted by Crippen LogP contribution is -2.27. The normalized spacial score (nSPS) is 15.9. The fourth-order valence-electron chi connectivity index (χ4n) is 4.14. The van der Waals surface area contributed by atoms with Crippen molar-refractivity contribution in [2.24, 2.45) is 11.3 Å². The van der Waals surface area contributed by atoms with Gasteiger partial charge < -0.3 is 15.1 Å². The predicted octanol–water partition coefficient (Wildman–Crippen LogP) is 6.31. The quantitative estimate of drug-likeness (QED) is 0.504. The third-order valence-corrected chi connectivity index (χ3v) is 7.13. The number of furan rings is 1. The molecular formula is C25H28N2O3S. The molecule has 3 aromatic rings. The van der Waals surface area contributed by atoms with Crippen LogP contribution < -0.4 is 10.6 Å². The topological polar surface area (TPSA) is 71.3 Å². The summed E-state index contributed by atoms with van der Waals surface area (Å²) in [6, 6.07) is 11.0. The standard InChI is InChI=1S/C25H28N2O3S/c1-15-7-5-8-17(13-15)26-23(29)21-18-11-10-16(25(2,3)4)14-20(18)31-24(21)27-22(28)19-9-6-12-30-19/h5-9,12-13,16H,10-11,14H2,1-4H3,(H,26,29)(H,27,28)/t16-/m0/s1. The van der Waals surface area contributed by atoms with Crippen LogP contribution in [0.15, 0.2) is 47.1 Å². The second-order valence-electron chi connectivity index (χ2n) is 9.27. The lowest BCUT2D eigenvalue weighted by molar-refractivity contribution is 0.0997. The van der Waals surface area contributed by atoms with Gasteiger partial charge in [0.05, 0.1) is 11.8 Å². The molecule has 1 atom stereocenters. The molecule has 0 bridgehead atoms.